The minimum absolute atomic E-state index is 0.0220. The van der Waals surface area contributed by atoms with Crippen LogP contribution in [-0.2, 0) is 24.0 Å². The van der Waals surface area contributed by atoms with Gasteiger partial charge in [0, 0.05) is 42.1 Å². The van der Waals surface area contributed by atoms with E-state index in [0.29, 0.717) is 41.6 Å². The van der Waals surface area contributed by atoms with E-state index < -0.39 is 34.6 Å². The molecule has 0 unspecified atom stereocenters. The average molecular weight is 566 g/mol. The number of fused-ring (bicyclic) bond motifs is 4. The van der Waals surface area contributed by atoms with Crippen molar-refractivity contribution in [3.63, 3.8) is 0 Å². The third-order valence-electron chi connectivity index (χ3n) is 7.93. The van der Waals surface area contributed by atoms with Crippen LogP contribution in [0.5, 0.6) is 0 Å². The van der Waals surface area contributed by atoms with E-state index in [9.17, 15) is 24.3 Å². The molecular formula is C22H29N8O6S2+. The Morgan fingerprint density at radius 3 is 2.53 bits per heavy atom. The van der Waals surface area contributed by atoms with Crippen LogP contribution in [0, 0.1) is 5.41 Å². The lowest BCUT2D eigenvalue weighted by atomic mass is 9.70. The van der Waals surface area contributed by atoms with Gasteiger partial charge in [-0.25, -0.2) is 4.79 Å². The number of β-lactam (4-membered cyclic amide) rings is 1. The molecule has 0 aromatic carbocycles. The van der Waals surface area contributed by atoms with Gasteiger partial charge < -0.3 is 31.2 Å². The van der Waals surface area contributed by atoms with Crippen molar-refractivity contribution in [3.8, 4) is 0 Å². The fourth-order valence-electron chi connectivity index (χ4n) is 5.73. The number of nitrogens with zero attached hydrogens (tertiary/aromatic N) is 5. The molecule has 0 spiro atoms. The number of hydrogen-bond acceptors (Lipinski definition) is 11. The van der Waals surface area contributed by atoms with Crippen LogP contribution in [0.4, 0.5) is 5.13 Å². The van der Waals surface area contributed by atoms with E-state index in [1.54, 1.807) is 6.92 Å². The number of aromatic nitrogens is 2. The molecule has 16 heteroatoms. The first-order chi connectivity index (χ1) is 18.1. The molecule has 0 radical (unpaired) electrons. The molecule has 14 nitrogen and oxygen atoms in total. The van der Waals surface area contributed by atoms with Crippen LogP contribution in [0.3, 0.4) is 0 Å². The molecule has 2 atom stereocenters. The van der Waals surface area contributed by atoms with Gasteiger partial charge >= 0.3 is 5.97 Å². The van der Waals surface area contributed by atoms with Gasteiger partial charge in [0.2, 0.25) is 17.4 Å². The molecule has 3 amide bonds. The number of piperidine rings is 3. The predicted octanol–water partition coefficient (Wildman–Crippen LogP) is -0.914. The van der Waals surface area contributed by atoms with E-state index in [-0.39, 0.29) is 34.9 Å². The number of nitrogen functional groups attached to an aromatic ring is 1. The van der Waals surface area contributed by atoms with Gasteiger partial charge in [0.05, 0.1) is 25.0 Å². The summed E-state index contributed by atoms with van der Waals surface area (Å²) in [6.07, 6.45) is 2.07. The number of carboxylic acids is 1. The minimum atomic E-state index is -1.18. The normalized spacial score (nSPS) is 30.5. The lowest BCUT2D eigenvalue weighted by Crippen LogP contribution is -2.71. The summed E-state index contributed by atoms with van der Waals surface area (Å²) >= 11 is 2.29. The first kappa shape index (κ1) is 26.4. The van der Waals surface area contributed by atoms with Gasteiger partial charge in [-0.2, -0.15) is 9.36 Å². The molecule has 0 aliphatic carbocycles. The Morgan fingerprint density at radius 1 is 1.29 bits per heavy atom. The second-order valence-electron chi connectivity index (χ2n) is 10.00. The smallest absolute Gasteiger partial charge is 0.352 e. The van der Waals surface area contributed by atoms with E-state index >= 15 is 0 Å². The number of oxime groups is 1. The van der Waals surface area contributed by atoms with Crippen molar-refractivity contribution in [2.75, 3.05) is 44.3 Å². The van der Waals surface area contributed by atoms with Gasteiger partial charge in [-0.15, -0.1) is 11.8 Å². The molecule has 4 saturated heterocycles. The highest BCUT2D eigenvalue weighted by Crippen LogP contribution is 2.46. The number of carbonyl (C=O) groups excluding carboxylic acids is 3. The molecule has 4 fully saturated rings. The average Bonchev–Trinajstić information content (AvgIpc) is 3.33. The van der Waals surface area contributed by atoms with Crippen molar-refractivity contribution in [2.24, 2.45) is 16.3 Å². The lowest BCUT2D eigenvalue weighted by molar-refractivity contribution is -0.940. The van der Waals surface area contributed by atoms with Crippen molar-refractivity contribution < 1.29 is 33.6 Å². The maximum atomic E-state index is 13.2. The van der Waals surface area contributed by atoms with Crippen LogP contribution >= 0.6 is 23.3 Å². The van der Waals surface area contributed by atoms with Crippen LogP contribution in [0.2, 0.25) is 0 Å². The molecule has 1 aromatic heterocycles. The molecule has 0 saturated carbocycles. The summed E-state index contributed by atoms with van der Waals surface area (Å²) in [5.74, 6) is -2.28. The molecular weight excluding hydrogens is 536 g/mol. The van der Waals surface area contributed by atoms with Gasteiger partial charge in [0.15, 0.2) is 5.13 Å². The maximum absolute atomic E-state index is 13.2. The molecule has 2 bridgehead atoms. The zero-order valence-electron chi connectivity index (χ0n) is 20.7. The summed E-state index contributed by atoms with van der Waals surface area (Å²) < 4.78 is 4.69. The highest BCUT2D eigenvalue weighted by Gasteiger charge is 2.57. The Labute approximate surface area is 226 Å². The highest BCUT2D eigenvalue weighted by atomic mass is 32.2. The Bertz CT molecular complexity index is 1240. The first-order valence-corrected chi connectivity index (χ1v) is 14.1. The number of quaternary nitrogens is 1. The Balaban J connectivity index is 1.32. The predicted molar refractivity (Wildman–Crippen MR) is 137 cm³/mol. The quantitative estimate of drug-likeness (QED) is 0.126. The van der Waals surface area contributed by atoms with E-state index in [2.05, 4.69) is 19.8 Å². The van der Waals surface area contributed by atoms with Crippen LogP contribution in [0.25, 0.3) is 0 Å². The van der Waals surface area contributed by atoms with Crippen LogP contribution in [0.15, 0.2) is 16.4 Å². The lowest BCUT2D eigenvalue weighted by Gasteiger charge is -2.55. The number of rotatable bonds is 9. The van der Waals surface area contributed by atoms with Crippen molar-refractivity contribution >= 4 is 57.8 Å². The number of aliphatic carboxylic acids is 1. The SMILES string of the molecule is CCON=C(C(=O)N[C@@H]1C(=O)N2C(C(=O)O)=C(C[N+]34CCC(C(N)=O)(CC3)CC4)CS[C@@H]12)c1nsc(N)n1. The molecule has 6 rings (SSSR count). The zero-order chi connectivity index (χ0) is 27.2. The van der Waals surface area contributed by atoms with Crippen molar-refractivity contribution in [1.82, 2.24) is 19.6 Å². The third kappa shape index (κ3) is 4.39. The topological polar surface area (TPSA) is 203 Å². The maximum Gasteiger partial charge on any atom is 0.352 e. The summed E-state index contributed by atoms with van der Waals surface area (Å²) in [6, 6.07) is -0.945. The van der Waals surface area contributed by atoms with E-state index in [4.69, 9.17) is 16.3 Å². The molecule has 38 heavy (non-hydrogen) atoms. The minimum Gasteiger partial charge on any atom is -0.477 e. The Kier molecular flexibility index (Phi) is 6.81. The highest BCUT2D eigenvalue weighted by molar-refractivity contribution is 8.00. The number of anilines is 1. The van der Waals surface area contributed by atoms with Crippen LogP contribution < -0.4 is 16.8 Å². The Hall–Kier alpha value is -3.24. The summed E-state index contributed by atoms with van der Waals surface area (Å²) in [5, 5.41) is 16.1. The monoisotopic (exact) mass is 565 g/mol. The summed E-state index contributed by atoms with van der Waals surface area (Å²) in [6.45, 7) is 4.63. The Morgan fingerprint density at radius 2 is 1.97 bits per heavy atom. The second kappa shape index (κ2) is 9.81. The van der Waals surface area contributed by atoms with E-state index in [1.165, 1.54) is 16.7 Å². The van der Waals surface area contributed by atoms with E-state index in [1.807, 2.05) is 0 Å². The number of carboxylic acid groups (broad SMARTS) is 1. The van der Waals surface area contributed by atoms with Crippen molar-refractivity contribution in [3.05, 3.63) is 17.1 Å². The number of amides is 3. The standard InChI is InChI=1S/C22H28N8O6S2/c1-2-36-27-12(15-26-21(24)38-28-15)16(31)25-13-17(32)29-14(19(33)34)11(10-37-18(13)29)9-30-6-3-22(4-7-30,5-8-30)20(23)35/h13,18H,2-10H2,1H3,(H5-,23,24,25,26,28,31,33,34,35)/p+1/t13-,18+,22?,30?/m1/s1. The second-order valence-corrected chi connectivity index (χ2v) is 11.9. The van der Waals surface area contributed by atoms with Gasteiger partial charge in [-0.1, -0.05) is 5.16 Å². The molecule has 5 aliphatic rings. The molecule has 204 valence electrons. The van der Waals surface area contributed by atoms with Gasteiger partial charge in [-0.05, 0) is 6.92 Å². The van der Waals surface area contributed by atoms with Crippen molar-refractivity contribution in [1.29, 1.82) is 0 Å². The number of carbonyl (C=O) groups is 4. The molecule has 6 N–H and O–H groups in total. The van der Waals surface area contributed by atoms with Gasteiger partial charge in [0.1, 0.15) is 30.3 Å². The van der Waals surface area contributed by atoms with Crippen LogP contribution in [0.1, 0.15) is 32.0 Å². The largest absolute Gasteiger partial charge is 0.477 e. The summed E-state index contributed by atoms with van der Waals surface area (Å²) in [5.41, 5.74) is 11.3. The van der Waals surface area contributed by atoms with E-state index in [0.717, 1.165) is 31.2 Å². The third-order valence-corrected chi connectivity index (χ3v) is 9.82. The van der Waals surface area contributed by atoms with Gasteiger partial charge in [0.25, 0.3) is 11.8 Å². The molecule has 6 heterocycles. The summed E-state index contributed by atoms with van der Waals surface area (Å²) in [7, 11) is 0. The van der Waals surface area contributed by atoms with Crippen molar-refractivity contribution in [2.45, 2.75) is 37.6 Å². The molecule has 5 aliphatic heterocycles. The zero-order valence-corrected chi connectivity index (χ0v) is 22.3. The fourth-order valence-corrected chi connectivity index (χ4v) is 7.50. The number of nitrogens with two attached hydrogens (primary N) is 2. The number of primary amides is 1. The van der Waals surface area contributed by atoms with Gasteiger partial charge in [-0.3, -0.25) is 19.3 Å². The fraction of sp³-hybridized carbons (Fsp3) is 0.591. The van der Waals surface area contributed by atoms with Crippen LogP contribution in [-0.4, -0.2) is 103 Å². The number of nitrogens with one attached hydrogen (secondary N) is 1. The molecule has 1 aromatic rings. The first-order valence-electron chi connectivity index (χ1n) is 12.3. The number of thioether (sulfide) groups is 1. The number of hydrogen-bond donors (Lipinski definition) is 4. The summed E-state index contributed by atoms with van der Waals surface area (Å²) in [4.78, 5) is 60.8.